The van der Waals surface area contributed by atoms with Gasteiger partial charge >= 0.3 is 0 Å². The Balaban J connectivity index is 1.62. The van der Waals surface area contributed by atoms with Crippen LogP contribution in [-0.4, -0.2) is 28.9 Å². The predicted molar refractivity (Wildman–Crippen MR) is 76.1 cm³/mol. The summed E-state index contributed by atoms with van der Waals surface area (Å²) in [6.45, 7) is 5.80. The smallest absolute Gasteiger partial charge is 0.231 e. The second-order valence-corrected chi connectivity index (χ2v) is 5.56. The van der Waals surface area contributed by atoms with Crippen molar-refractivity contribution in [2.75, 3.05) is 13.8 Å². The van der Waals surface area contributed by atoms with E-state index in [2.05, 4.69) is 15.0 Å². The van der Waals surface area contributed by atoms with Crippen LogP contribution >= 0.6 is 0 Å². The minimum atomic E-state index is 0.255. The molecule has 0 saturated heterocycles. The van der Waals surface area contributed by atoms with Gasteiger partial charge in [0, 0.05) is 12.5 Å². The SMILES string of the molecule is CC(C)c1nc(CN(C)Cc2ccc3c(c2)OCO3)no1. The highest BCUT2D eigenvalue weighted by atomic mass is 16.7. The van der Waals surface area contributed by atoms with Crippen LogP contribution in [0.25, 0.3) is 0 Å². The molecule has 0 amide bonds. The molecule has 112 valence electrons. The number of hydrogen-bond acceptors (Lipinski definition) is 6. The summed E-state index contributed by atoms with van der Waals surface area (Å²) in [5.74, 6) is 3.26. The van der Waals surface area contributed by atoms with Gasteiger partial charge < -0.3 is 14.0 Å². The van der Waals surface area contributed by atoms with E-state index in [-0.39, 0.29) is 5.92 Å². The second-order valence-electron chi connectivity index (χ2n) is 5.56. The summed E-state index contributed by atoms with van der Waals surface area (Å²) in [7, 11) is 2.02. The number of hydrogen-bond donors (Lipinski definition) is 0. The van der Waals surface area contributed by atoms with E-state index in [0.717, 1.165) is 23.6 Å². The minimum absolute atomic E-state index is 0.255. The van der Waals surface area contributed by atoms with E-state index in [0.29, 0.717) is 25.1 Å². The first kappa shape index (κ1) is 13.9. The van der Waals surface area contributed by atoms with E-state index in [9.17, 15) is 0 Å². The maximum atomic E-state index is 5.39. The molecule has 0 unspecified atom stereocenters. The van der Waals surface area contributed by atoms with E-state index >= 15 is 0 Å². The zero-order valence-electron chi connectivity index (χ0n) is 12.5. The average Bonchev–Trinajstić information content (AvgIpc) is 3.06. The van der Waals surface area contributed by atoms with Gasteiger partial charge in [0.15, 0.2) is 17.3 Å². The summed E-state index contributed by atoms with van der Waals surface area (Å²) in [6, 6.07) is 5.99. The molecule has 1 aliphatic heterocycles. The van der Waals surface area contributed by atoms with Crippen molar-refractivity contribution in [1.29, 1.82) is 0 Å². The number of nitrogens with zero attached hydrogens (tertiary/aromatic N) is 3. The third kappa shape index (κ3) is 3.16. The zero-order valence-corrected chi connectivity index (χ0v) is 12.5. The maximum absolute atomic E-state index is 5.39. The van der Waals surface area contributed by atoms with Crippen LogP contribution < -0.4 is 9.47 Å². The molecule has 3 rings (SSSR count). The van der Waals surface area contributed by atoms with Crippen LogP contribution in [0.5, 0.6) is 11.5 Å². The zero-order chi connectivity index (χ0) is 14.8. The van der Waals surface area contributed by atoms with Gasteiger partial charge in [0.1, 0.15) is 0 Å². The molecule has 2 heterocycles. The van der Waals surface area contributed by atoms with Crippen molar-refractivity contribution in [2.45, 2.75) is 32.9 Å². The van der Waals surface area contributed by atoms with Crippen molar-refractivity contribution in [3.8, 4) is 11.5 Å². The fourth-order valence-electron chi connectivity index (χ4n) is 2.21. The lowest BCUT2D eigenvalue weighted by Gasteiger charge is -2.14. The van der Waals surface area contributed by atoms with Crippen molar-refractivity contribution < 1.29 is 14.0 Å². The van der Waals surface area contributed by atoms with E-state index in [4.69, 9.17) is 14.0 Å². The Hall–Kier alpha value is -2.08. The topological polar surface area (TPSA) is 60.6 Å². The molecular formula is C15H19N3O3. The van der Waals surface area contributed by atoms with E-state index in [1.807, 2.05) is 39.1 Å². The van der Waals surface area contributed by atoms with Crippen LogP contribution in [0.1, 0.15) is 37.0 Å². The van der Waals surface area contributed by atoms with Gasteiger partial charge in [0.2, 0.25) is 12.7 Å². The molecule has 1 aromatic heterocycles. The number of benzene rings is 1. The minimum Gasteiger partial charge on any atom is -0.454 e. The lowest BCUT2D eigenvalue weighted by molar-refractivity contribution is 0.174. The largest absolute Gasteiger partial charge is 0.454 e. The molecule has 0 spiro atoms. The van der Waals surface area contributed by atoms with Crippen molar-refractivity contribution >= 4 is 0 Å². The van der Waals surface area contributed by atoms with E-state index < -0.39 is 0 Å². The highest BCUT2D eigenvalue weighted by Gasteiger charge is 2.15. The molecule has 0 N–H and O–H groups in total. The van der Waals surface area contributed by atoms with Crippen LogP contribution in [-0.2, 0) is 13.1 Å². The van der Waals surface area contributed by atoms with Gasteiger partial charge in [-0.1, -0.05) is 25.1 Å². The van der Waals surface area contributed by atoms with Gasteiger partial charge in [-0.2, -0.15) is 4.98 Å². The molecule has 6 nitrogen and oxygen atoms in total. The molecule has 6 heteroatoms. The van der Waals surface area contributed by atoms with Crippen molar-refractivity contribution in [3.63, 3.8) is 0 Å². The molecule has 0 bridgehead atoms. The molecule has 0 fully saturated rings. The normalized spacial score (nSPS) is 13.4. The molecular weight excluding hydrogens is 270 g/mol. The molecule has 0 radical (unpaired) electrons. The molecule has 0 atom stereocenters. The molecule has 0 aliphatic carbocycles. The quantitative estimate of drug-likeness (QED) is 0.843. The Bertz CT molecular complexity index is 624. The molecule has 21 heavy (non-hydrogen) atoms. The summed E-state index contributed by atoms with van der Waals surface area (Å²) in [4.78, 5) is 6.52. The van der Waals surface area contributed by atoms with Gasteiger partial charge in [0.05, 0.1) is 6.54 Å². The Labute approximate surface area is 123 Å². The van der Waals surface area contributed by atoms with Crippen LogP contribution in [0.4, 0.5) is 0 Å². The summed E-state index contributed by atoms with van der Waals surface area (Å²) in [5.41, 5.74) is 1.16. The van der Waals surface area contributed by atoms with E-state index in [1.54, 1.807) is 0 Å². The van der Waals surface area contributed by atoms with Crippen molar-refractivity contribution in [2.24, 2.45) is 0 Å². The first-order chi connectivity index (χ1) is 10.1. The summed E-state index contributed by atoms with van der Waals surface area (Å²) in [5, 5.41) is 4.00. The van der Waals surface area contributed by atoms with Gasteiger partial charge in [-0.3, -0.25) is 4.90 Å². The van der Waals surface area contributed by atoms with Gasteiger partial charge in [-0.25, -0.2) is 0 Å². The van der Waals surface area contributed by atoms with Gasteiger partial charge in [-0.15, -0.1) is 0 Å². The summed E-state index contributed by atoms with van der Waals surface area (Å²) < 4.78 is 15.9. The van der Waals surface area contributed by atoms with Crippen LogP contribution in [0.3, 0.4) is 0 Å². The third-order valence-electron chi connectivity index (χ3n) is 3.28. The first-order valence-electron chi connectivity index (χ1n) is 7.01. The number of aromatic nitrogens is 2. The summed E-state index contributed by atoms with van der Waals surface area (Å²) >= 11 is 0. The number of rotatable bonds is 5. The Kier molecular flexibility index (Phi) is 3.79. The molecule has 0 saturated carbocycles. The Morgan fingerprint density at radius 1 is 1.19 bits per heavy atom. The van der Waals surface area contributed by atoms with Crippen LogP contribution in [0.15, 0.2) is 22.7 Å². The highest BCUT2D eigenvalue weighted by Crippen LogP contribution is 2.32. The number of ether oxygens (including phenoxy) is 2. The van der Waals surface area contributed by atoms with Crippen LogP contribution in [0, 0.1) is 0 Å². The lowest BCUT2D eigenvalue weighted by atomic mass is 10.2. The third-order valence-corrected chi connectivity index (χ3v) is 3.28. The first-order valence-corrected chi connectivity index (χ1v) is 7.01. The molecule has 1 aromatic carbocycles. The predicted octanol–water partition coefficient (Wildman–Crippen LogP) is 2.55. The van der Waals surface area contributed by atoms with Crippen molar-refractivity contribution in [3.05, 3.63) is 35.5 Å². The molecule has 2 aromatic rings. The van der Waals surface area contributed by atoms with Gasteiger partial charge in [-0.05, 0) is 24.7 Å². The van der Waals surface area contributed by atoms with Crippen LogP contribution in [0.2, 0.25) is 0 Å². The lowest BCUT2D eigenvalue weighted by Crippen LogP contribution is -2.18. The molecule has 1 aliphatic rings. The Morgan fingerprint density at radius 2 is 2.00 bits per heavy atom. The fourth-order valence-corrected chi connectivity index (χ4v) is 2.21. The Morgan fingerprint density at radius 3 is 2.76 bits per heavy atom. The second kappa shape index (κ2) is 5.73. The standard InChI is InChI=1S/C15H19N3O3/c1-10(2)15-16-14(17-21-15)8-18(3)7-11-4-5-12-13(6-11)20-9-19-12/h4-6,10H,7-9H2,1-3H3. The fraction of sp³-hybridized carbons (Fsp3) is 0.467. The monoisotopic (exact) mass is 289 g/mol. The maximum Gasteiger partial charge on any atom is 0.231 e. The van der Waals surface area contributed by atoms with Crippen molar-refractivity contribution in [1.82, 2.24) is 15.0 Å². The van der Waals surface area contributed by atoms with Gasteiger partial charge in [0.25, 0.3) is 0 Å². The summed E-state index contributed by atoms with van der Waals surface area (Å²) in [6.07, 6.45) is 0. The average molecular weight is 289 g/mol. The highest BCUT2D eigenvalue weighted by molar-refractivity contribution is 5.44. The number of fused-ring (bicyclic) bond motifs is 1. The van der Waals surface area contributed by atoms with E-state index in [1.165, 1.54) is 0 Å².